The monoisotopic (exact) mass is 222 g/mol. The molecule has 0 bridgehead atoms. The van der Waals surface area contributed by atoms with Crippen LogP contribution in [-0.2, 0) is 4.79 Å². The molecule has 1 fully saturated rings. The maximum absolute atomic E-state index is 12.6. The molecule has 0 radical (unpaired) electrons. The molecule has 2 N–H and O–H groups in total. The van der Waals surface area contributed by atoms with Gasteiger partial charge in [0.1, 0.15) is 5.82 Å². The Kier molecular flexibility index (Phi) is 3.51. The molecule has 1 saturated heterocycles. The highest BCUT2D eigenvalue weighted by Crippen LogP contribution is 2.14. The first-order chi connectivity index (χ1) is 7.74. The van der Waals surface area contributed by atoms with Crippen molar-refractivity contribution in [1.29, 1.82) is 0 Å². The number of halogens is 1. The van der Waals surface area contributed by atoms with Crippen molar-refractivity contribution in [3.05, 3.63) is 30.1 Å². The van der Waals surface area contributed by atoms with E-state index in [0.29, 0.717) is 18.0 Å². The summed E-state index contributed by atoms with van der Waals surface area (Å²) in [5, 5.41) is 5.98. The van der Waals surface area contributed by atoms with Crippen LogP contribution in [0.2, 0.25) is 0 Å². The number of amides is 1. The Morgan fingerprint density at radius 2 is 2.19 bits per heavy atom. The van der Waals surface area contributed by atoms with Gasteiger partial charge < -0.3 is 10.6 Å². The van der Waals surface area contributed by atoms with Crippen LogP contribution >= 0.6 is 0 Å². The third-order valence-electron chi connectivity index (χ3n) is 2.76. The molecule has 1 amide bonds. The minimum Gasteiger partial charge on any atom is -0.326 e. The zero-order chi connectivity index (χ0) is 11.4. The Balaban J connectivity index is 1.84. The Morgan fingerprint density at radius 1 is 1.44 bits per heavy atom. The van der Waals surface area contributed by atoms with Crippen molar-refractivity contribution in [1.82, 2.24) is 5.32 Å². The molecular weight excluding hydrogens is 207 g/mol. The average molecular weight is 222 g/mol. The van der Waals surface area contributed by atoms with E-state index in [2.05, 4.69) is 10.6 Å². The molecule has 1 atom stereocenters. The highest BCUT2D eigenvalue weighted by atomic mass is 19.1. The summed E-state index contributed by atoms with van der Waals surface area (Å²) in [4.78, 5) is 11.6. The zero-order valence-electron chi connectivity index (χ0n) is 9.00. The van der Waals surface area contributed by atoms with Crippen molar-refractivity contribution in [3.63, 3.8) is 0 Å². The normalized spacial score (nSPS) is 19.7. The molecule has 0 aromatic heterocycles. The van der Waals surface area contributed by atoms with Gasteiger partial charge in [0.15, 0.2) is 0 Å². The van der Waals surface area contributed by atoms with Gasteiger partial charge in [-0.1, -0.05) is 0 Å². The number of hydrogen-bond donors (Lipinski definition) is 2. The van der Waals surface area contributed by atoms with Gasteiger partial charge in [0.2, 0.25) is 5.91 Å². The fourth-order valence-electron chi connectivity index (χ4n) is 1.90. The molecule has 1 heterocycles. The molecule has 1 aromatic carbocycles. The SMILES string of the molecule is O=C(CC1CCNC1)Nc1ccc(F)cc1. The van der Waals surface area contributed by atoms with Crippen LogP contribution in [0.1, 0.15) is 12.8 Å². The van der Waals surface area contributed by atoms with Crippen molar-refractivity contribution in [2.24, 2.45) is 5.92 Å². The lowest BCUT2D eigenvalue weighted by Gasteiger charge is -2.08. The van der Waals surface area contributed by atoms with Gasteiger partial charge in [-0.3, -0.25) is 4.79 Å². The molecule has 4 heteroatoms. The van der Waals surface area contributed by atoms with E-state index in [0.717, 1.165) is 19.5 Å². The van der Waals surface area contributed by atoms with E-state index in [1.54, 1.807) is 12.1 Å². The molecule has 16 heavy (non-hydrogen) atoms. The summed E-state index contributed by atoms with van der Waals surface area (Å²) in [6.07, 6.45) is 1.58. The second-order valence-corrected chi connectivity index (χ2v) is 4.12. The number of anilines is 1. The molecule has 0 aliphatic carbocycles. The van der Waals surface area contributed by atoms with Crippen molar-refractivity contribution in [2.45, 2.75) is 12.8 Å². The highest BCUT2D eigenvalue weighted by molar-refractivity contribution is 5.90. The molecule has 1 unspecified atom stereocenters. The van der Waals surface area contributed by atoms with Crippen LogP contribution in [0.3, 0.4) is 0 Å². The van der Waals surface area contributed by atoms with Crippen LogP contribution in [0.25, 0.3) is 0 Å². The molecule has 86 valence electrons. The largest absolute Gasteiger partial charge is 0.326 e. The van der Waals surface area contributed by atoms with Gasteiger partial charge in [0.25, 0.3) is 0 Å². The van der Waals surface area contributed by atoms with Gasteiger partial charge in [-0.25, -0.2) is 4.39 Å². The van der Waals surface area contributed by atoms with Gasteiger partial charge in [-0.2, -0.15) is 0 Å². The molecule has 0 spiro atoms. The first kappa shape index (κ1) is 11.1. The number of carbonyl (C=O) groups is 1. The Labute approximate surface area is 94.0 Å². The summed E-state index contributed by atoms with van der Waals surface area (Å²) in [6.45, 7) is 1.91. The number of benzene rings is 1. The van der Waals surface area contributed by atoms with Crippen molar-refractivity contribution >= 4 is 11.6 Å². The minimum absolute atomic E-state index is 0.000285. The molecule has 1 aliphatic heterocycles. The Bertz CT molecular complexity index is 358. The summed E-state index contributed by atoms with van der Waals surface area (Å²) in [6, 6.07) is 5.82. The van der Waals surface area contributed by atoms with Crippen LogP contribution in [-0.4, -0.2) is 19.0 Å². The van der Waals surface area contributed by atoms with E-state index in [1.165, 1.54) is 12.1 Å². The van der Waals surface area contributed by atoms with Crippen molar-refractivity contribution < 1.29 is 9.18 Å². The van der Waals surface area contributed by atoms with E-state index < -0.39 is 0 Å². The smallest absolute Gasteiger partial charge is 0.224 e. The third kappa shape index (κ3) is 3.03. The number of nitrogens with one attached hydrogen (secondary N) is 2. The second-order valence-electron chi connectivity index (χ2n) is 4.12. The number of carbonyl (C=O) groups excluding carboxylic acids is 1. The lowest BCUT2D eigenvalue weighted by molar-refractivity contribution is -0.116. The van der Waals surface area contributed by atoms with E-state index in [1.807, 2.05) is 0 Å². The first-order valence-corrected chi connectivity index (χ1v) is 5.50. The second kappa shape index (κ2) is 5.07. The minimum atomic E-state index is -0.294. The van der Waals surface area contributed by atoms with Crippen LogP contribution in [0.5, 0.6) is 0 Å². The quantitative estimate of drug-likeness (QED) is 0.818. The predicted molar refractivity (Wildman–Crippen MR) is 60.6 cm³/mol. The van der Waals surface area contributed by atoms with E-state index in [4.69, 9.17) is 0 Å². The van der Waals surface area contributed by atoms with Crippen LogP contribution in [0, 0.1) is 11.7 Å². The molecule has 0 saturated carbocycles. The van der Waals surface area contributed by atoms with E-state index in [9.17, 15) is 9.18 Å². The summed E-state index contributed by atoms with van der Waals surface area (Å²) in [5.74, 6) is 0.138. The van der Waals surface area contributed by atoms with Crippen LogP contribution in [0.15, 0.2) is 24.3 Å². The van der Waals surface area contributed by atoms with E-state index >= 15 is 0 Å². The third-order valence-corrected chi connectivity index (χ3v) is 2.76. The summed E-state index contributed by atoms with van der Waals surface area (Å²) in [7, 11) is 0. The number of rotatable bonds is 3. The van der Waals surface area contributed by atoms with Crippen molar-refractivity contribution in [3.8, 4) is 0 Å². The summed E-state index contributed by atoms with van der Waals surface area (Å²) >= 11 is 0. The lowest BCUT2D eigenvalue weighted by Crippen LogP contribution is -2.18. The van der Waals surface area contributed by atoms with Crippen LogP contribution < -0.4 is 10.6 Å². The molecule has 1 aliphatic rings. The molecule has 1 aromatic rings. The average Bonchev–Trinajstić information content (AvgIpc) is 2.74. The summed E-state index contributed by atoms with van der Waals surface area (Å²) in [5.41, 5.74) is 0.650. The van der Waals surface area contributed by atoms with Gasteiger partial charge >= 0.3 is 0 Å². The summed E-state index contributed by atoms with van der Waals surface area (Å²) < 4.78 is 12.6. The number of hydrogen-bond acceptors (Lipinski definition) is 2. The van der Waals surface area contributed by atoms with Gasteiger partial charge in [0.05, 0.1) is 0 Å². The van der Waals surface area contributed by atoms with E-state index in [-0.39, 0.29) is 11.7 Å². The Morgan fingerprint density at radius 3 is 2.81 bits per heavy atom. The fraction of sp³-hybridized carbons (Fsp3) is 0.417. The Hall–Kier alpha value is -1.42. The molecule has 2 rings (SSSR count). The van der Waals surface area contributed by atoms with Gasteiger partial charge in [0, 0.05) is 12.1 Å². The highest BCUT2D eigenvalue weighted by Gasteiger charge is 2.17. The standard InChI is InChI=1S/C12H15FN2O/c13-10-1-3-11(4-2-10)15-12(16)7-9-5-6-14-8-9/h1-4,9,14H,5-8H2,(H,15,16). The zero-order valence-corrected chi connectivity index (χ0v) is 9.00. The maximum atomic E-state index is 12.6. The molecular formula is C12H15FN2O. The van der Waals surface area contributed by atoms with Crippen LogP contribution in [0.4, 0.5) is 10.1 Å². The molecule has 3 nitrogen and oxygen atoms in total. The fourth-order valence-corrected chi connectivity index (χ4v) is 1.90. The topological polar surface area (TPSA) is 41.1 Å². The predicted octanol–water partition coefficient (Wildman–Crippen LogP) is 1.76. The maximum Gasteiger partial charge on any atom is 0.224 e. The van der Waals surface area contributed by atoms with Gasteiger partial charge in [-0.15, -0.1) is 0 Å². The lowest BCUT2D eigenvalue weighted by atomic mass is 10.0. The van der Waals surface area contributed by atoms with Gasteiger partial charge in [-0.05, 0) is 49.7 Å². The first-order valence-electron chi connectivity index (χ1n) is 5.50. The van der Waals surface area contributed by atoms with Crippen molar-refractivity contribution in [2.75, 3.05) is 18.4 Å².